The molecule has 28 heavy (non-hydrogen) atoms. The number of piperazine rings is 1. The molecule has 6 heteroatoms. The fourth-order valence-corrected chi connectivity index (χ4v) is 4.54. The van der Waals surface area contributed by atoms with Crippen molar-refractivity contribution in [2.75, 3.05) is 42.9 Å². The fraction of sp³-hybridized carbons (Fsp3) is 0.500. The molecule has 1 aromatic carbocycles. The van der Waals surface area contributed by atoms with Gasteiger partial charge in [-0.3, -0.25) is 9.69 Å². The highest BCUT2D eigenvalue weighted by atomic mass is 16.2. The molecule has 0 radical (unpaired) electrons. The third kappa shape index (κ3) is 3.61. The van der Waals surface area contributed by atoms with Crippen LogP contribution in [0.25, 0.3) is 0 Å². The van der Waals surface area contributed by atoms with Gasteiger partial charge in [-0.05, 0) is 43.5 Å². The number of anilines is 2. The van der Waals surface area contributed by atoms with Crippen LogP contribution < -0.4 is 10.2 Å². The van der Waals surface area contributed by atoms with Gasteiger partial charge in [-0.1, -0.05) is 31.5 Å². The minimum absolute atomic E-state index is 0.174. The molecule has 0 spiro atoms. The molecule has 3 heterocycles. The van der Waals surface area contributed by atoms with Gasteiger partial charge in [-0.2, -0.15) is 0 Å². The number of amides is 1. The monoisotopic (exact) mass is 379 g/mol. The molecule has 1 N–H and O–H groups in total. The maximum atomic E-state index is 12.7. The van der Waals surface area contributed by atoms with E-state index >= 15 is 0 Å². The number of unbranched alkanes of at least 4 members (excludes halogenated alkanes) is 1. The Morgan fingerprint density at radius 2 is 1.79 bits per heavy atom. The molecule has 2 aromatic rings. The number of nitrogens with zero attached hydrogens (tertiary/aromatic N) is 4. The van der Waals surface area contributed by atoms with Crippen molar-refractivity contribution < 1.29 is 4.79 Å². The first kappa shape index (κ1) is 18.9. The minimum atomic E-state index is -0.347. The van der Waals surface area contributed by atoms with Crippen molar-refractivity contribution in [1.82, 2.24) is 14.9 Å². The first-order valence-corrected chi connectivity index (χ1v) is 10.4. The Morgan fingerprint density at radius 1 is 1.04 bits per heavy atom. The van der Waals surface area contributed by atoms with Gasteiger partial charge in [0, 0.05) is 44.3 Å². The lowest BCUT2D eigenvalue weighted by atomic mass is 9.75. The second-order valence-corrected chi connectivity index (χ2v) is 7.77. The van der Waals surface area contributed by atoms with Crippen LogP contribution in [-0.4, -0.2) is 53.5 Å². The van der Waals surface area contributed by atoms with Crippen molar-refractivity contribution in [2.24, 2.45) is 0 Å². The van der Waals surface area contributed by atoms with Gasteiger partial charge in [-0.25, -0.2) is 9.97 Å². The highest BCUT2D eigenvalue weighted by Gasteiger charge is 2.44. The standard InChI is InChI=1S/C22H29N5O/c1-2-22(18-8-3-4-9-19(18)25-20(22)28)10-5-6-13-26-14-16-27(17-15-26)21-23-11-7-12-24-21/h3-4,7-9,11-12H,2,5-6,10,13-17H2,1H3,(H,25,28). The van der Waals surface area contributed by atoms with E-state index in [0.717, 1.165) is 70.0 Å². The zero-order valence-electron chi connectivity index (χ0n) is 16.6. The molecule has 4 rings (SSSR count). The van der Waals surface area contributed by atoms with E-state index in [4.69, 9.17) is 0 Å². The summed E-state index contributed by atoms with van der Waals surface area (Å²) in [5.74, 6) is 1.01. The average Bonchev–Trinajstić information content (AvgIpc) is 3.04. The number of aromatic nitrogens is 2. The minimum Gasteiger partial charge on any atom is -0.338 e. The Morgan fingerprint density at radius 3 is 2.54 bits per heavy atom. The summed E-state index contributed by atoms with van der Waals surface area (Å²) in [6, 6.07) is 10.0. The molecule has 1 aromatic heterocycles. The van der Waals surface area contributed by atoms with Gasteiger partial charge >= 0.3 is 0 Å². The molecule has 1 unspecified atom stereocenters. The molecule has 1 atom stereocenters. The van der Waals surface area contributed by atoms with E-state index in [1.165, 1.54) is 5.56 Å². The summed E-state index contributed by atoms with van der Waals surface area (Å²) in [5.41, 5.74) is 1.83. The van der Waals surface area contributed by atoms with Gasteiger partial charge in [-0.15, -0.1) is 0 Å². The zero-order chi connectivity index (χ0) is 19.4. The molecule has 148 valence electrons. The van der Waals surface area contributed by atoms with Crippen molar-refractivity contribution in [3.05, 3.63) is 48.3 Å². The van der Waals surface area contributed by atoms with Crippen LogP contribution in [0.15, 0.2) is 42.7 Å². The summed E-state index contributed by atoms with van der Waals surface area (Å²) in [4.78, 5) is 26.2. The molecule has 0 bridgehead atoms. The summed E-state index contributed by atoms with van der Waals surface area (Å²) in [6.45, 7) is 7.25. The molecule has 1 amide bonds. The van der Waals surface area contributed by atoms with Crippen LogP contribution in [0, 0.1) is 0 Å². The van der Waals surface area contributed by atoms with Crippen molar-refractivity contribution >= 4 is 17.5 Å². The predicted octanol–water partition coefficient (Wildman–Crippen LogP) is 3.07. The number of hydrogen-bond donors (Lipinski definition) is 1. The summed E-state index contributed by atoms with van der Waals surface area (Å²) in [7, 11) is 0. The van der Waals surface area contributed by atoms with Gasteiger partial charge in [0.1, 0.15) is 0 Å². The lowest BCUT2D eigenvalue weighted by Gasteiger charge is -2.34. The number of hydrogen-bond acceptors (Lipinski definition) is 5. The number of carbonyl (C=O) groups excluding carboxylic acids is 1. The number of rotatable bonds is 7. The Labute approximate surface area is 167 Å². The number of para-hydroxylation sites is 1. The Balaban J connectivity index is 1.26. The highest BCUT2D eigenvalue weighted by Crippen LogP contribution is 2.43. The first-order valence-electron chi connectivity index (χ1n) is 10.4. The van der Waals surface area contributed by atoms with Gasteiger partial charge in [0.05, 0.1) is 5.41 Å². The quantitative estimate of drug-likeness (QED) is 0.749. The smallest absolute Gasteiger partial charge is 0.235 e. The molecular formula is C22H29N5O. The van der Waals surface area contributed by atoms with Crippen LogP contribution in [0.3, 0.4) is 0 Å². The van der Waals surface area contributed by atoms with Crippen molar-refractivity contribution in [1.29, 1.82) is 0 Å². The maximum absolute atomic E-state index is 12.7. The molecule has 0 aliphatic carbocycles. The van der Waals surface area contributed by atoms with E-state index in [-0.39, 0.29) is 11.3 Å². The van der Waals surface area contributed by atoms with E-state index in [0.29, 0.717) is 0 Å². The van der Waals surface area contributed by atoms with Gasteiger partial charge in [0.25, 0.3) is 0 Å². The van der Waals surface area contributed by atoms with E-state index in [9.17, 15) is 4.79 Å². The van der Waals surface area contributed by atoms with E-state index in [2.05, 4.69) is 38.1 Å². The maximum Gasteiger partial charge on any atom is 0.235 e. The zero-order valence-corrected chi connectivity index (χ0v) is 16.6. The van der Waals surface area contributed by atoms with Crippen LogP contribution >= 0.6 is 0 Å². The van der Waals surface area contributed by atoms with Crippen LogP contribution in [-0.2, 0) is 10.2 Å². The molecule has 2 aliphatic heterocycles. The van der Waals surface area contributed by atoms with E-state index < -0.39 is 0 Å². The fourth-order valence-electron chi connectivity index (χ4n) is 4.54. The number of carbonyl (C=O) groups is 1. The largest absolute Gasteiger partial charge is 0.338 e. The van der Waals surface area contributed by atoms with Crippen molar-refractivity contribution in [3.63, 3.8) is 0 Å². The number of fused-ring (bicyclic) bond motifs is 1. The van der Waals surface area contributed by atoms with Gasteiger partial charge < -0.3 is 10.2 Å². The molecule has 1 saturated heterocycles. The van der Waals surface area contributed by atoms with Gasteiger partial charge in [0.2, 0.25) is 11.9 Å². The van der Waals surface area contributed by atoms with Crippen molar-refractivity contribution in [3.8, 4) is 0 Å². The van der Waals surface area contributed by atoms with E-state index in [1.807, 2.05) is 24.3 Å². The van der Waals surface area contributed by atoms with Crippen LogP contribution in [0.2, 0.25) is 0 Å². The van der Waals surface area contributed by atoms with Crippen LogP contribution in [0.5, 0.6) is 0 Å². The Bertz CT molecular complexity index is 804. The van der Waals surface area contributed by atoms with Gasteiger partial charge in [0.15, 0.2) is 0 Å². The average molecular weight is 380 g/mol. The third-order valence-corrected chi connectivity index (χ3v) is 6.26. The van der Waals surface area contributed by atoms with Crippen LogP contribution in [0.4, 0.5) is 11.6 Å². The van der Waals surface area contributed by atoms with Crippen LogP contribution in [0.1, 0.15) is 38.2 Å². The Kier molecular flexibility index (Phi) is 5.57. The molecule has 1 fully saturated rings. The topological polar surface area (TPSA) is 61.4 Å². The predicted molar refractivity (Wildman–Crippen MR) is 112 cm³/mol. The molecule has 6 nitrogen and oxygen atoms in total. The lowest BCUT2D eigenvalue weighted by Crippen LogP contribution is -2.47. The van der Waals surface area contributed by atoms with Crippen molar-refractivity contribution in [2.45, 2.75) is 38.0 Å². The molecule has 0 saturated carbocycles. The second-order valence-electron chi connectivity index (χ2n) is 7.77. The second kappa shape index (κ2) is 8.27. The normalized spacial score (nSPS) is 22.2. The Hall–Kier alpha value is -2.47. The number of benzene rings is 1. The first-order chi connectivity index (χ1) is 13.7. The summed E-state index contributed by atoms with van der Waals surface area (Å²) >= 11 is 0. The molecular weight excluding hydrogens is 350 g/mol. The molecule has 2 aliphatic rings. The summed E-state index contributed by atoms with van der Waals surface area (Å²) in [6.07, 6.45) is 7.57. The van der Waals surface area contributed by atoms with E-state index in [1.54, 1.807) is 12.4 Å². The number of nitrogens with one attached hydrogen (secondary N) is 1. The summed E-state index contributed by atoms with van der Waals surface area (Å²) < 4.78 is 0. The highest BCUT2D eigenvalue weighted by molar-refractivity contribution is 6.06. The third-order valence-electron chi connectivity index (χ3n) is 6.26. The summed E-state index contributed by atoms with van der Waals surface area (Å²) in [5, 5.41) is 3.08. The SMILES string of the molecule is CCC1(CCCCN2CCN(c3ncccn3)CC2)C(=O)Nc2ccccc21. The lowest BCUT2D eigenvalue weighted by molar-refractivity contribution is -0.121.